The van der Waals surface area contributed by atoms with Crippen LogP contribution in [0.25, 0.3) is 0 Å². The lowest BCUT2D eigenvalue weighted by Crippen LogP contribution is -2.35. The van der Waals surface area contributed by atoms with E-state index >= 15 is 0 Å². The third kappa shape index (κ3) is 2.99. The number of hydrogen-bond donors (Lipinski definition) is 1. The highest BCUT2D eigenvalue weighted by Crippen LogP contribution is 2.42. The average molecular weight is 277 g/mol. The fraction of sp³-hybridized carbons (Fsp3) is 0.647. The minimum Gasteiger partial charge on any atom is -0.496 e. The van der Waals surface area contributed by atoms with Crippen LogP contribution in [0.5, 0.6) is 5.75 Å². The van der Waals surface area contributed by atoms with E-state index in [2.05, 4.69) is 38.2 Å². The predicted octanol–water partition coefficient (Wildman–Crippen LogP) is 3.39. The van der Waals surface area contributed by atoms with E-state index in [1.807, 2.05) is 7.11 Å². The van der Waals surface area contributed by atoms with Gasteiger partial charge in [0.25, 0.3) is 0 Å². The van der Waals surface area contributed by atoms with Crippen LogP contribution in [0.1, 0.15) is 42.5 Å². The second kappa shape index (κ2) is 6.59. The Morgan fingerprint density at radius 3 is 2.45 bits per heavy atom. The summed E-state index contributed by atoms with van der Waals surface area (Å²) in [7, 11) is 3.58. The second-order valence-electron chi connectivity index (χ2n) is 5.70. The molecule has 0 radical (unpaired) electrons. The zero-order chi connectivity index (χ0) is 14.7. The molecule has 0 aliphatic heterocycles. The molecule has 1 aromatic carbocycles. The molecule has 1 aromatic rings. The maximum atomic E-state index is 5.79. The van der Waals surface area contributed by atoms with Gasteiger partial charge in [-0.2, -0.15) is 0 Å². The monoisotopic (exact) mass is 277 g/mol. The minimum atomic E-state index is 0.201. The normalized spacial score (nSPS) is 17.9. The van der Waals surface area contributed by atoms with Crippen molar-refractivity contribution in [3.05, 3.63) is 28.8 Å². The quantitative estimate of drug-likeness (QED) is 0.828. The van der Waals surface area contributed by atoms with E-state index in [-0.39, 0.29) is 12.1 Å². The number of methoxy groups -OCH3 is 2. The molecule has 0 bridgehead atoms. The predicted molar refractivity (Wildman–Crippen MR) is 82.4 cm³/mol. The first-order chi connectivity index (χ1) is 9.63. The molecule has 0 amide bonds. The van der Waals surface area contributed by atoms with E-state index < -0.39 is 0 Å². The lowest BCUT2D eigenvalue weighted by molar-refractivity contribution is 0.0504. The van der Waals surface area contributed by atoms with Crippen molar-refractivity contribution >= 4 is 0 Å². The third-order valence-corrected chi connectivity index (χ3v) is 4.36. The van der Waals surface area contributed by atoms with Crippen molar-refractivity contribution in [3.8, 4) is 5.75 Å². The summed E-state index contributed by atoms with van der Waals surface area (Å²) in [5.74, 6) is 1.68. The highest BCUT2D eigenvalue weighted by molar-refractivity contribution is 5.47. The molecule has 3 nitrogen and oxygen atoms in total. The van der Waals surface area contributed by atoms with E-state index in [9.17, 15) is 0 Å². The van der Waals surface area contributed by atoms with Crippen molar-refractivity contribution in [1.82, 2.24) is 5.32 Å². The summed E-state index contributed by atoms with van der Waals surface area (Å²) >= 11 is 0. The number of ether oxygens (including phenoxy) is 2. The Kier molecular flexibility index (Phi) is 5.06. The van der Waals surface area contributed by atoms with E-state index in [1.54, 1.807) is 7.11 Å². The molecule has 1 aliphatic carbocycles. The molecule has 1 aliphatic rings. The maximum absolute atomic E-state index is 5.79. The summed E-state index contributed by atoms with van der Waals surface area (Å²) in [6.45, 7) is 7.31. The fourth-order valence-corrected chi connectivity index (χ4v) is 2.98. The molecule has 20 heavy (non-hydrogen) atoms. The van der Waals surface area contributed by atoms with Gasteiger partial charge in [0, 0.05) is 12.7 Å². The van der Waals surface area contributed by atoms with Crippen molar-refractivity contribution < 1.29 is 9.47 Å². The van der Waals surface area contributed by atoms with Gasteiger partial charge in [0.2, 0.25) is 0 Å². The van der Waals surface area contributed by atoms with Gasteiger partial charge in [-0.1, -0.05) is 19.1 Å². The van der Waals surface area contributed by atoms with Crippen molar-refractivity contribution in [2.24, 2.45) is 5.92 Å². The lowest BCUT2D eigenvalue weighted by atomic mass is 9.93. The SMILES string of the molecule is CCNC(c1ccc(C)c(C)c1OC)C(OC)C1CC1. The van der Waals surface area contributed by atoms with E-state index in [0.717, 1.165) is 12.3 Å². The topological polar surface area (TPSA) is 30.5 Å². The van der Waals surface area contributed by atoms with Crippen molar-refractivity contribution in [2.45, 2.75) is 45.8 Å². The van der Waals surface area contributed by atoms with Gasteiger partial charge < -0.3 is 14.8 Å². The van der Waals surface area contributed by atoms with E-state index in [1.165, 1.54) is 29.5 Å². The molecule has 1 N–H and O–H groups in total. The van der Waals surface area contributed by atoms with Crippen molar-refractivity contribution in [1.29, 1.82) is 0 Å². The van der Waals surface area contributed by atoms with Gasteiger partial charge in [0.15, 0.2) is 0 Å². The third-order valence-electron chi connectivity index (χ3n) is 4.36. The fourth-order valence-electron chi connectivity index (χ4n) is 2.98. The molecule has 2 atom stereocenters. The second-order valence-corrected chi connectivity index (χ2v) is 5.70. The van der Waals surface area contributed by atoms with Gasteiger partial charge in [0.1, 0.15) is 5.75 Å². The molecule has 1 saturated carbocycles. The Bertz CT molecular complexity index is 455. The van der Waals surface area contributed by atoms with Crippen LogP contribution in [-0.2, 0) is 4.74 Å². The molecule has 0 heterocycles. The summed E-state index contributed by atoms with van der Waals surface area (Å²) in [6, 6.07) is 4.56. The molecule has 0 spiro atoms. The molecule has 0 aromatic heterocycles. The van der Waals surface area contributed by atoms with Crippen LogP contribution in [0.3, 0.4) is 0 Å². The van der Waals surface area contributed by atoms with Gasteiger partial charge in [-0.05, 0) is 50.3 Å². The van der Waals surface area contributed by atoms with Crippen LogP contribution in [0.2, 0.25) is 0 Å². The highest BCUT2D eigenvalue weighted by Gasteiger charge is 2.38. The Morgan fingerprint density at radius 1 is 1.25 bits per heavy atom. The van der Waals surface area contributed by atoms with Crippen LogP contribution < -0.4 is 10.1 Å². The molecular weight excluding hydrogens is 250 g/mol. The molecule has 2 rings (SSSR count). The standard InChI is InChI=1S/C17H27NO2/c1-6-18-15(17(20-5)13-8-9-13)14-10-7-11(2)12(3)16(14)19-4/h7,10,13,15,17-18H,6,8-9H2,1-5H3. The van der Waals surface area contributed by atoms with E-state index in [0.29, 0.717) is 5.92 Å². The van der Waals surface area contributed by atoms with Crippen LogP contribution in [0.15, 0.2) is 12.1 Å². The zero-order valence-electron chi connectivity index (χ0n) is 13.3. The van der Waals surface area contributed by atoms with Crippen LogP contribution in [0.4, 0.5) is 0 Å². The Balaban J connectivity index is 2.40. The minimum absolute atomic E-state index is 0.201. The van der Waals surface area contributed by atoms with Crippen molar-refractivity contribution in [2.75, 3.05) is 20.8 Å². The van der Waals surface area contributed by atoms with Crippen LogP contribution in [-0.4, -0.2) is 26.9 Å². The van der Waals surface area contributed by atoms with E-state index in [4.69, 9.17) is 9.47 Å². The van der Waals surface area contributed by atoms with Gasteiger partial charge in [0.05, 0.1) is 19.3 Å². The van der Waals surface area contributed by atoms with Crippen molar-refractivity contribution in [3.63, 3.8) is 0 Å². The number of likely N-dealkylation sites (N-methyl/N-ethyl adjacent to an activating group) is 1. The number of benzene rings is 1. The summed E-state index contributed by atoms with van der Waals surface area (Å²) in [5.41, 5.74) is 3.70. The first-order valence-electron chi connectivity index (χ1n) is 7.54. The largest absolute Gasteiger partial charge is 0.496 e. The van der Waals surface area contributed by atoms with Gasteiger partial charge in [-0.15, -0.1) is 0 Å². The number of rotatable bonds is 7. The molecule has 112 valence electrons. The molecule has 2 unspecified atom stereocenters. The van der Waals surface area contributed by atoms with Gasteiger partial charge in [-0.25, -0.2) is 0 Å². The Morgan fingerprint density at radius 2 is 1.95 bits per heavy atom. The molecular formula is C17H27NO2. The summed E-state index contributed by atoms with van der Waals surface area (Å²) in [5, 5.41) is 3.59. The first-order valence-corrected chi connectivity index (χ1v) is 7.54. The Labute approximate surface area is 122 Å². The highest BCUT2D eigenvalue weighted by atomic mass is 16.5. The van der Waals surface area contributed by atoms with Crippen LogP contribution in [0, 0.1) is 19.8 Å². The summed E-state index contributed by atoms with van der Waals surface area (Å²) in [4.78, 5) is 0. The smallest absolute Gasteiger partial charge is 0.126 e. The lowest BCUT2D eigenvalue weighted by Gasteiger charge is -2.29. The number of aryl methyl sites for hydroxylation is 1. The average Bonchev–Trinajstić information content (AvgIpc) is 3.26. The summed E-state index contributed by atoms with van der Waals surface area (Å²) < 4.78 is 11.5. The Hall–Kier alpha value is -1.06. The molecule has 3 heteroatoms. The number of hydrogen-bond acceptors (Lipinski definition) is 3. The zero-order valence-corrected chi connectivity index (χ0v) is 13.3. The number of nitrogens with one attached hydrogen (secondary N) is 1. The summed E-state index contributed by atoms with van der Waals surface area (Å²) in [6.07, 6.45) is 2.77. The first kappa shape index (κ1) is 15.3. The molecule has 0 saturated heterocycles. The molecule has 1 fully saturated rings. The van der Waals surface area contributed by atoms with Gasteiger partial charge in [-0.3, -0.25) is 0 Å². The van der Waals surface area contributed by atoms with Gasteiger partial charge >= 0.3 is 0 Å². The van der Waals surface area contributed by atoms with Crippen LogP contribution >= 0.6 is 0 Å². The maximum Gasteiger partial charge on any atom is 0.126 e.